The lowest BCUT2D eigenvalue weighted by Gasteiger charge is -2.21. The second-order valence-corrected chi connectivity index (χ2v) is 8.49. The molecule has 166 valence electrons. The van der Waals surface area contributed by atoms with E-state index in [9.17, 15) is 19.1 Å². The van der Waals surface area contributed by atoms with Gasteiger partial charge >= 0.3 is 5.97 Å². The van der Waals surface area contributed by atoms with Crippen LogP contribution in [0.3, 0.4) is 0 Å². The Bertz CT molecular complexity index is 1260. The quantitative estimate of drug-likeness (QED) is 0.586. The number of rotatable bonds is 6. The normalized spacial score (nSPS) is 19.2. The minimum atomic E-state index is -1.06. The number of anilines is 1. The van der Waals surface area contributed by atoms with Gasteiger partial charge < -0.3 is 15.2 Å². The van der Waals surface area contributed by atoms with Crippen LogP contribution in [0.2, 0.25) is 0 Å². The zero-order valence-corrected chi connectivity index (χ0v) is 17.7. The molecule has 7 nitrogen and oxygen atoms in total. The third-order valence-corrected chi connectivity index (χ3v) is 6.15. The minimum Gasteiger partial charge on any atom is -0.478 e. The summed E-state index contributed by atoms with van der Waals surface area (Å²) < 4.78 is 22.2. The number of carboxylic acids is 1. The standard InChI is InChI=1S/C24H24FN3O4/c1-13(26-19-6-3-2-5-16(19)24(30)31)17-11-14(25)12-18-21(17)27-22(20-7-4-10-32-20)28(23(18)29)15-8-9-15/h2-3,5-6,11-13,15,20,26H,4,7-10H2,1H3,(H,30,31)/t13-,20-/m1/s1. The van der Waals surface area contributed by atoms with Gasteiger partial charge in [-0.1, -0.05) is 12.1 Å². The number of hydrogen-bond acceptors (Lipinski definition) is 5. The highest BCUT2D eigenvalue weighted by atomic mass is 19.1. The summed E-state index contributed by atoms with van der Waals surface area (Å²) in [6.45, 7) is 2.43. The van der Waals surface area contributed by atoms with E-state index < -0.39 is 17.8 Å². The van der Waals surface area contributed by atoms with Crippen molar-refractivity contribution in [1.29, 1.82) is 0 Å². The number of nitrogens with zero attached hydrogens (tertiary/aromatic N) is 2. The Labute approximate surface area is 183 Å². The van der Waals surface area contributed by atoms with E-state index in [1.807, 2.05) is 0 Å². The van der Waals surface area contributed by atoms with Gasteiger partial charge in [0, 0.05) is 23.9 Å². The van der Waals surface area contributed by atoms with Gasteiger partial charge in [-0.25, -0.2) is 14.2 Å². The molecule has 1 aromatic heterocycles. The Balaban J connectivity index is 1.65. The van der Waals surface area contributed by atoms with E-state index >= 15 is 0 Å². The molecule has 2 heterocycles. The number of carboxylic acid groups (broad SMARTS) is 1. The highest BCUT2D eigenvalue weighted by molar-refractivity contribution is 5.94. The summed E-state index contributed by atoms with van der Waals surface area (Å²) in [5.41, 5.74) is 1.20. The average molecular weight is 437 g/mol. The van der Waals surface area contributed by atoms with Crippen molar-refractivity contribution in [3.05, 3.63) is 69.5 Å². The SMILES string of the molecule is C[C@@H](Nc1ccccc1C(=O)O)c1cc(F)cc2c(=O)n(C3CC3)c([C@H]3CCCO3)nc12. The summed E-state index contributed by atoms with van der Waals surface area (Å²) >= 11 is 0. The number of aromatic nitrogens is 2. The fourth-order valence-corrected chi connectivity index (χ4v) is 4.44. The first-order valence-corrected chi connectivity index (χ1v) is 10.9. The molecule has 0 bridgehead atoms. The Hall–Kier alpha value is -3.26. The maximum atomic E-state index is 14.6. The predicted octanol–water partition coefficient (Wildman–Crippen LogP) is 4.59. The van der Waals surface area contributed by atoms with E-state index in [0.29, 0.717) is 29.2 Å². The molecule has 0 amide bonds. The second-order valence-electron chi connectivity index (χ2n) is 8.49. The van der Waals surface area contributed by atoms with E-state index in [0.717, 1.165) is 25.7 Å². The Kier molecular flexibility index (Phi) is 5.17. The Morgan fingerprint density at radius 3 is 2.75 bits per heavy atom. The topological polar surface area (TPSA) is 93.5 Å². The van der Waals surface area contributed by atoms with Crippen LogP contribution in [0, 0.1) is 5.82 Å². The van der Waals surface area contributed by atoms with Crippen LogP contribution in [0.15, 0.2) is 41.2 Å². The van der Waals surface area contributed by atoms with Crippen molar-refractivity contribution in [2.75, 3.05) is 11.9 Å². The van der Waals surface area contributed by atoms with Crippen molar-refractivity contribution in [2.45, 2.75) is 50.8 Å². The minimum absolute atomic E-state index is 0.0864. The van der Waals surface area contributed by atoms with Gasteiger partial charge in [-0.2, -0.15) is 0 Å². The molecule has 8 heteroatoms. The van der Waals surface area contributed by atoms with E-state index in [-0.39, 0.29) is 28.7 Å². The number of aromatic carboxylic acids is 1. The lowest BCUT2D eigenvalue weighted by Crippen LogP contribution is -2.27. The summed E-state index contributed by atoms with van der Waals surface area (Å²) in [6.07, 6.45) is 3.25. The number of halogens is 1. The van der Waals surface area contributed by atoms with Gasteiger partial charge in [-0.15, -0.1) is 0 Å². The molecule has 2 aliphatic rings. The van der Waals surface area contributed by atoms with Gasteiger partial charge in [0.25, 0.3) is 5.56 Å². The van der Waals surface area contributed by atoms with Crippen molar-refractivity contribution in [3.63, 3.8) is 0 Å². The first-order valence-electron chi connectivity index (χ1n) is 10.9. The van der Waals surface area contributed by atoms with Gasteiger partial charge in [0.05, 0.1) is 22.5 Å². The van der Waals surface area contributed by atoms with Gasteiger partial charge in [-0.05, 0) is 56.9 Å². The number of hydrogen-bond donors (Lipinski definition) is 2. The highest BCUT2D eigenvalue weighted by Gasteiger charge is 2.33. The van der Waals surface area contributed by atoms with Gasteiger partial charge in [0.15, 0.2) is 0 Å². The maximum Gasteiger partial charge on any atom is 0.337 e. The molecule has 32 heavy (non-hydrogen) atoms. The highest BCUT2D eigenvalue weighted by Crippen LogP contribution is 2.39. The van der Waals surface area contributed by atoms with Crippen LogP contribution in [0.4, 0.5) is 10.1 Å². The van der Waals surface area contributed by atoms with Crippen molar-refractivity contribution in [1.82, 2.24) is 9.55 Å². The van der Waals surface area contributed by atoms with Crippen LogP contribution in [0.25, 0.3) is 10.9 Å². The molecule has 1 aliphatic heterocycles. The van der Waals surface area contributed by atoms with E-state index in [1.165, 1.54) is 18.2 Å². The number of fused-ring (bicyclic) bond motifs is 1. The molecule has 2 fully saturated rings. The molecule has 1 saturated carbocycles. The Morgan fingerprint density at radius 2 is 2.06 bits per heavy atom. The molecule has 3 aromatic rings. The zero-order valence-electron chi connectivity index (χ0n) is 17.7. The third kappa shape index (κ3) is 3.64. The lowest BCUT2D eigenvalue weighted by molar-refractivity contribution is 0.0698. The monoisotopic (exact) mass is 437 g/mol. The molecular weight excluding hydrogens is 413 g/mol. The number of carbonyl (C=O) groups is 1. The van der Waals surface area contributed by atoms with Crippen LogP contribution in [0.1, 0.15) is 72.5 Å². The summed E-state index contributed by atoms with van der Waals surface area (Å²) in [6, 6.07) is 8.73. The van der Waals surface area contributed by atoms with E-state index in [4.69, 9.17) is 9.72 Å². The number of benzene rings is 2. The second kappa shape index (κ2) is 8.02. The van der Waals surface area contributed by atoms with Crippen LogP contribution in [-0.2, 0) is 4.74 Å². The Morgan fingerprint density at radius 1 is 1.28 bits per heavy atom. The fraction of sp³-hybridized carbons (Fsp3) is 0.375. The van der Waals surface area contributed by atoms with E-state index in [2.05, 4.69) is 5.32 Å². The van der Waals surface area contributed by atoms with Crippen molar-refractivity contribution >= 4 is 22.6 Å². The van der Waals surface area contributed by atoms with Crippen molar-refractivity contribution < 1.29 is 19.0 Å². The van der Waals surface area contributed by atoms with Gasteiger partial charge in [0.1, 0.15) is 17.7 Å². The summed E-state index contributed by atoms with van der Waals surface area (Å²) in [4.78, 5) is 29.9. The maximum absolute atomic E-state index is 14.6. The van der Waals surface area contributed by atoms with Crippen molar-refractivity contribution in [3.8, 4) is 0 Å². The van der Waals surface area contributed by atoms with Crippen LogP contribution < -0.4 is 10.9 Å². The molecular formula is C24H24FN3O4. The summed E-state index contributed by atoms with van der Waals surface area (Å²) in [5, 5.41) is 12.9. The molecule has 1 saturated heterocycles. The summed E-state index contributed by atoms with van der Waals surface area (Å²) in [7, 11) is 0. The number of nitrogens with one attached hydrogen (secondary N) is 1. The predicted molar refractivity (Wildman–Crippen MR) is 118 cm³/mol. The van der Waals surface area contributed by atoms with E-state index in [1.54, 1.807) is 29.7 Å². The number of ether oxygens (including phenoxy) is 1. The molecule has 0 spiro atoms. The molecule has 1 aliphatic carbocycles. The summed E-state index contributed by atoms with van der Waals surface area (Å²) in [5.74, 6) is -0.984. The van der Waals surface area contributed by atoms with Gasteiger partial charge in [-0.3, -0.25) is 9.36 Å². The number of para-hydroxylation sites is 1. The first-order chi connectivity index (χ1) is 15.4. The van der Waals surface area contributed by atoms with Gasteiger partial charge in [0.2, 0.25) is 0 Å². The molecule has 2 atom stereocenters. The molecule has 2 N–H and O–H groups in total. The average Bonchev–Trinajstić information content (AvgIpc) is 3.45. The largest absolute Gasteiger partial charge is 0.478 e. The fourth-order valence-electron chi connectivity index (χ4n) is 4.44. The molecule has 0 radical (unpaired) electrons. The smallest absolute Gasteiger partial charge is 0.337 e. The van der Waals surface area contributed by atoms with Crippen LogP contribution in [-0.4, -0.2) is 27.2 Å². The zero-order chi connectivity index (χ0) is 22.4. The first kappa shape index (κ1) is 20.6. The van der Waals surface area contributed by atoms with Crippen LogP contribution in [0.5, 0.6) is 0 Å². The lowest BCUT2D eigenvalue weighted by atomic mass is 10.0. The van der Waals surface area contributed by atoms with Crippen LogP contribution >= 0.6 is 0 Å². The molecule has 5 rings (SSSR count). The third-order valence-electron chi connectivity index (χ3n) is 6.15. The van der Waals surface area contributed by atoms with Crippen molar-refractivity contribution in [2.24, 2.45) is 0 Å². The molecule has 0 unspecified atom stereocenters. The molecule has 2 aromatic carbocycles.